The molecule has 0 atom stereocenters. The molecule has 1 aliphatic carbocycles. The standard InChI is InChI=1S/C5H11N/c1-4-2-5(6)3-4/h4-5H,2-3,6H2,1H3/t4-,5-. The topological polar surface area (TPSA) is 26.0 Å². The second-order valence-electron chi connectivity index (χ2n) is 2.34. The maximum absolute atomic E-state index is 5.47. The van der Waals surface area contributed by atoms with Crippen molar-refractivity contribution < 1.29 is 0 Å². The molecule has 1 aliphatic rings. The highest BCUT2D eigenvalue weighted by molar-refractivity contribution is 4.78. The molecule has 1 saturated carbocycles. The lowest BCUT2D eigenvalue weighted by atomic mass is 9.83. The van der Waals surface area contributed by atoms with Gasteiger partial charge in [-0.15, -0.1) is 0 Å². The molecule has 0 saturated heterocycles. The Hall–Kier alpha value is -0.0400. The third-order valence-corrected chi connectivity index (χ3v) is 1.41. The van der Waals surface area contributed by atoms with E-state index in [9.17, 15) is 0 Å². The molecule has 1 nitrogen and oxygen atoms in total. The van der Waals surface area contributed by atoms with Crippen molar-refractivity contribution in [2.45, 2.75) is 25.8 Å². The van der Waals surface area contributed by atoms with E-state index in [4.69, 9.17) is 5.73 Å². The van der Waals surface area contributed by atoms with E-state index in [1.807, 2.05) is 0 Å². The number of hydrogen-bond donors (Lipinski definition) is 1. The zero-order chi connectivity index (χ0) is 4.57. The first kappa shape index (κ1) is 4.13. The van der Waals surface area contributed by atoms with Crippen molar-refractivity contribution in [1.82, 2.24) is 0 Å². The fraction of sp³-hybridized carbons (Fsp3) is 1.00. The van der Waals surface area contributed by atoms with E-state index in [0.29, 0.717) is 6.04 Å². The molecule has 0 unspecified atom stereocenters. The summed E-state index contributed by atoms with van der Waals surface area (Å²) >= 11 is 0. The fourth-order valence-electron chi connectivity index (χ4n) is 0.965. The van der Waals surface area contributed by atoms with Gasteiger partial charge in [0.25, 0.3) is 0 Å². The molecule has 6 heavy (non-hydrogen) atoms. The van der Waals surface area contributed by atoms with Gasteiger partial charge in [-0.1, -0.05) is 6.92 Å². The first-order valence-corrected chi connectivity index (χ1v) is 2.54. The van der Waals surface area contributed by atoms with E-state index in [0.717, 1.165) is 5.92 Å². The highest BCUT2D eigenvalue weighted by Gasteiger charge is 2.20. The molecule has 0 amide bonds. The van der Waals surface area contributed by atoms with E-state index >= 15 is 0 Å². The molecule has 0 aliphatic heterocycles. The van der Waals surface area contributed by atoms with Crippen molar-refractivity contribution in [3.63, 3.8) is 0 Å². The van der Waals surface area contributed by atoms with Crippen molar-refractivity contribution in [1.29, 1.82) is 0 Å². The zero-order valence-corrected chi connectivity index (χ0v) is 4.15. The van der Waals surface area contributed by atoms with Crippen LogP contribution in [-0.4, -0.2) is 6.04 Å². The van der Waals surface area contributed by atoms with Gasteiger partial charge in [-0.2, -0.15) is 0 Å². The van der Waals surface area contributed by atoms with Crippen LogP contribution in [0, 0.1) is 5.92 Å². The van der Waals surface area contributed by atoms with E-state index < -0.39 is 0 Å². The first-order valence-electron chi connectivity index (χ1n) is 2.54. The lowest BCUT2D eigenvalue weighted by molar-refractivity contribution is 0.290. The van der Waals surface area contributed by atoms with Crippen LogP contribution in [0.15, 0.2) is 0 Å². The first-order chi connectivity index (χ1) is 2.79. The maximum Gasteiger partial charge on any atom is 0.00439 e. The van der Waals surface area contributed by atoms with E-state index in [2.05, 4.69) is 6.92 Å². The Morgan fingerprint density at radius 2 is 2.00 bits per heavy atom. The molecule has 1 rings (SSSR count). The van der Waals surface area contributed by atoms with Gasteiger partial charge < -0.3 is 5.73 Å². The average molecular weight is 85.2 g/mol. The van der Waals surface area contributed by atoms with Crippen molar-refractivity contribution in [3.05, 3.63) is 0 Å². The number of rotatable bonds is 0. The van der Waals surface area contributed by atoms with Gasteiger partial charge in [-0.3, -0.25) is 0 Å². The van der Waals surface area contributed by atoms with Crippen LogP contribution < -0.4 is 5.73 Å². The SMILES string of the molecule is C[C@H]1C[C@H](N)C1. The summed E-state index contributed by atoms with van der Waals surface area (Å²) in [5.41, 5.74) is 5.47. The second-order valence-corrected chi connectivity index (χ2v) is 2.34. The Morgan fingerprint density at radius 3 is 2.00 bits per heavy atom. The summed E-state index contributed by atoms with van der Waals surface area (Å²) in [6.45, 7) is 2.24. The molecule has 0 aromatic carbocycles. The van der Waals surface area contributed by atoms with Gasteiger partial charge in [-0.25, -0.2) is 0 Å². The summed E-state index contributed by atoms with van der Waals surface area (Å²) in [7, 11) is 0. The minimum absolute atomic E-state index is 0.542. The molecule has 1 fully saturated rings. The predicted octanol–water partition coefficient (Wildman–Crippen LogP) is 0.744. The van der Waals surface area contributed by atoms with E-state index in [1.54, 1.807) is 0 Å². The zero-order valence-electron chi connectivity index (χ0n) is 4.15. The fourth-order valence-corrected chi connectivity index (χ4v) is 0.965. The highest BCUT2D eigenvalue weighted by atomic mass is 14.7. The van der Waals surface area contributed by atoms with Gasteiger partial charge in [0.2, 0.25) is 0 Å². The lowest BCUT2D eigenvalue weighted by Gasteiger charge is -2.28. The molecule has 0 aromatic heterocycles. The molecule has 0 aromatic rings. The molecule has 0 spiro atoms. The highest BCUT2D eigenvalue weighted by Crippen LogP contribution is 2.23. The van der Waals surface area contributed by atoms with Crippen molar-refractivity contribution >= 4 is 0 Å². The molecule has 2 N–H and O–H groups in total. The van der Waals surface area contributed by atoms with E-state index in [-0.39, 0.29) is 0 Å². The quantitative estimate of drug-likeness (QED) is 0.461. The third-order valence-electron chi connectivity index (χ3n) is 1.41. The summed E-state index contributed by atoms with van der Waals surface area (Å²) in [5.74, 6) is 0.917. The van der Waals surface area contributed by atoms with Crippen LogP contribution in [0.2, 0.25) is 0 Å². The molecule has 0 bridgehead atoms. The maximum atomic E-state index is 5.47. The Kier molecular flexibility index (Phi) is 0.845. The Morgan fingerprint density at radius 1 is 1.50 bits per heavy atom. The summed E-state index contributed by atoms with van der Waals surface area (Å²) < 4.78 is 0. The number of nitrogens with two attached hydrogens (primary N) is 1. The van der Waals surface area contributed by atoms with Gasteiger partial charge in [0, 0.05) is 6.04 Å². The monoisotopic (exact) mass is 85.1 g/mol. The van der Waals surface area contributed by atoms with Crippen LogP contribution in [0.25, 0.3) is 0 Å². The van der Waals surface area contributed by atoms with Crippen LogP contribution >= 0.6 is 0 Å². The Balaban J connectivity index is 2.11. The van der Waals surface area contributed by atoms with Crippen molar-refractivity contribution in [3.8, 4) is 0 Å². The smallest absolute Gasteiger partial charge is 0.00439 e. The minimum atomic E-state index is 0.542. The van der Waals surface area contributed by atoms with Crippen LogP contribution in [0.3, 0.4) is 0 Å². The molecule has 0 heterocycles. The van der Waals surface area contributed by atoms with E-state index in [1.165, 1.54) is 12.8 Å². The van der Waals surface area contributed by atoms with Crippen LogP contribution in [0.5, 0.6) is 0 Å². The molecule has 1 heteroatoms. The Bertz CT molecular complexity index is 39.9. The Labute approximate surface area is 38.5 Å². The van der Waals surface area contributed by atoms with Crippen LogP contribution in [-0.2, 0) is 0 Å². The summed E-state index contributed by atoms with van der Waals surface area (Å²) in [5, 5.41) is 0. The summed E-state index contributed by atoms with van der Waals surface area (Å²) in [4.78, 5) is 0. The minimum Gasteiger partial charge on any atom is -0.328 e. The lowest BCUT2D eigenvalue weighted by Crippen LogP contribution is -2.34. The molecular weight excluding hydrogens is 74.1 g/mol. The van der Waals surface area contributed by atoms with Gasteiger partial charge in [0.15, 0.2) is 0 Å². The molecular formula is C5H11N. The van der Waals surface area contributed by atoms with Crippen molar-refractivity contribution in [2.24, 2.45) is 11.7 Å². The van der Waals surface area contributed by atoms with Crippen LogP contribution in [0.1, 0.15) is 19.8 Å². The molecule has 36 valence electrons. The van der Waals surface area contributed by atoms with Gasteiger partial charge in [-0.05, 0) is 18.8 Å². The predicted molar refractivity (Wildman–Crippen MR) is 26.4 cm³/mol. The third kappa shape index (κ3) is 0.548. The largest absolute Gasteiger partial charge is 0.328 e. The summed E-state index contributed by atoms with van der Waals surface area (Å²) in [6.07, 6.45) is 2.50. The second kappa shape index (κ2) is 1.23. The van der Waals surface area contributed by atoms with Gasteiger partial charge in [0.05, 0.1) is 0 Å². The van der Waals surface area contributed by atoms with Gasteiger partial charge >= 0.3 is 0 Å². The van der Waals surface area contributed by atoms with Crippen LogP contribution in [0.4, 0.5) is 0 Å². The number of hydrogen-bond acceptors (Lipinski definition) is 1. The normalized spacial score (nSPS) is 45.0. The summed E-state index contributed by atoms with van der Waals surface area (Å²) in [6, 6.07) is 0.542. The van der Waals surface area contributed by atoms with Gasteiger partial charge in [0.1, 0.15) is 0 Å². The van der Waals surface area contributed by atoms with Crippen molar-refractivity contribution in [2.75, 3.05) is 0 Å². The average Bonchev–Trinajstić information content (AvgIpc) is 1.33. The molecule has 0 radical (unpaired) electrons.